The van der Waals surface area contributed by atoms with Crippen molar-refractivity contribution >= 4 is 14.2 Å². The predicted octanol–water partition coefficient (Wildman–Crippen LogP) is -1.04. The third-order valence-electron chi connectivity index (χ3n) is 3.12. The Morgan fingerprint density at radius 1 is 1.50 bits per heavy atom. The summed E-state index contributed by atoms with van der Waals surface area (Å²) in [7, 11) is -3.38. The number of fused-ring (bicyclic) bond motifs is 2. The molecular formula is C10H12N3O6P. The molecule has 2 aliphatic rings. The van der Waals surface area contributed by atoms with Crippen LogP contribution >= 0.6 is 8.25 Å². The molecule has 1 fully saturated rings. The van der Waals surface area contributed by atoms with Crippen molar-refractivity contribution in [3.8, 4) is 5.75 Å². The summed E-state index contributed by atoms with van der Waals surface area (Å²) in [6.07, 6.45) is 1.04. The van der Waals surface area contributed by atoms with Crippen LogP contribution in [0.4, 0.5) is 0 Å². The molecule has 2 N–H and O–H groups in total. The highest BCUT2D eigenvalue weighted by molar-refractivity contribution is 7.32. The average molecular weight is 301 g/mol. The van der Waals surface area contributed by atoms with E-state index in [-0.39, 0.29) is 11.9 Å². The van der Waals surface area contributed by atoms with E-state index in [1.807, 2.05) is 0 Å². The second-order valence-electron chi connectivity index (χ2n) is 4.31. The molecule has 9 nitrogen and oxygen atoms in total. The van der Waals surface area contributed by atoms with Crippen LogP contribution in [0.2, 0.25) is 0 Å². The van der Waals surface area contributed by atoms with Gasteiger partial charge < -0.3 is 24.5 Å². The number of rotatable bonds is 2. The molecule has 10 heteroatoms. The monoisotopic (exact) mass is 301 g/mol. The van der Waals surface area contributed by atoms with Crippen molar-refractivity contribution in [3.63, 3.8) is 0 Å². The fourth-order valence-corrected chi connectivity index (χ4v) is 2.63. The minimum atomic E-state index is -3.38. The number of amides is 1. The van der Waals surface area contributed by atoms with Gasteiger partial charge in [0.2, 0.25) is 11.2 Å². The molecule has 2 aliphatic heterocycles. The first-order chi connectivity index (χ1) is 9.58. The fourth-order valence-electron chi connectivity index (χ4n) is 2.26. The van der Waals surface area contributed by atoms with E-state index < -0.39 is 25.3 Å². The number of nitrogens with one attached hydrogen (secondary N) is 1. The van der Waals surface area contributed by atoms with Gasteiger partial charge in [-0.25, -0.2) is 4.57 Å². The number of hydrogen-bond donors (Lipinski definition) is 2. The van der Waals surface area contributed by atoms with Crippen LogP contribution in [0.25, 0.3) is 0 Å². The molecule has 0 aliphatic carbocycles. The minimum Gasteiger partial charge on any atom is -0.420 e. The Labute approximate surface area is 113 Å². The van der Waals surface area contributed by atoms with Crippen molar-refractivity contribution in [1.82, 2.24) is 9.58 Å². The van der Waals surface area contributed by atoms with E-state index in [0.29, 0.717) is 19.8 Å². The van der Waals surface area contributed by atoms with Crippen LogP contribution in [0.3, 0.4) is 0 Å². The van der Waals surface area contributed by atoms with Gasteiger partial charge >= 0.3 is 8.25 Å². The maximum atomic E-state index is 12.4. The lowest BCUT2D eigenvalue weighted by molar-refractivity contribution is -0.00303. The molecule has 108 valence electrons. The summed E-state index contributed by atoms with van der Waals surface area (Å²) in [6, 6.07) is 1.16. The lowest BCUT2D eigenvalue weighted by Crippen LogP contribution is -2.59. The summed E-state index contributed by atoms with van der Waals surface area (Å²) in [6.45, 7) is 1.09. The summed E-state index contributed by atoms with van der Waals surface area (Å²) in [4.78, 5) is 34.5. The molecule has 20 heavy (non-hydrogen) atoms. The molecule has 0 bridgehead atoms. The number of morpholine rings is 1. The van der Waals surface area contributed by atoms with Crippen LogP contribution in [0.5, 0.6) is 5.75 Å². The number of ether oxygens (including phenoxy) is 1. The lowest BCUT2D eigenvalue weighted by atomic mass is 10.2. The van der Waals surface area contributed by atoms with Crippen LogP contribution in [-0.2, 0) is 9.30 Å². The van der Waals surface area contributed by atoms with Crippen LogP contribution in [0.15, 0.2) is 17.1 Å². The van der Waals surface area contributed by atoms with E-state index in [2.05, 4.69) is 9.95 Å². The van der Waals surface area contributed by atoms with Crippen LogP contribution in [0, 0.1) is 0 Å². The molecule has 0 radical (unpaired) electrons. The highest BCUT2D eigenvalue weighted by atomic mass is 31.1. The Balaban J connectivity index is 2.10. The minimum absolute atomic E-state index is 0.0805. The van der Waals surface area contributed by atoms with Gasteiger partial charge in [0.1, 0.15) is 6.17 Å². The second kappa shape index (κ2) is 4.93. The average Bonchev–Trinajstić information content (AvgIpc) is 2.42. The van der Waals surface area contributed by atoms with E-state index in [1.54, 1.807) is 0 Å². The SMILES string of the molecule is O=C1c2c(O[PH](=O)O)c(=O)ccn2NC2COCCN12. The van der Waals surface area contributed by atoms with Gasteiger partial charge in [-0.2, -0.15) is 0 Å². The normalized spacial score (nSPS) is 22.6. The van der Waals surface area contributed by atoms with E-state index in [9.17, 15) is 14.2 Å². The highest BCUT2D eigenvalue weighted by Crippen LogP contribution is 2.27. The number of aromatic nitrogens is 1. The van der Waals surface area contributed by atoms with Crippen molar-refractivity contribution in [2.45, 2.75) is 6.17 Å². The van der Waals surface area contributed by atoms with Crippen LogP contribution < -0.4 is 15.4 Å². The van der Waals surface area contributed by atoms with Crippen LogP contribution in [-0.4, -0.2) is 46.3 Å². The molecule has 0 spiro atoms. The number of carbonyl (C=O) groups is 1. The van der Waals surface area contributed by atoms with Gasteiger partial charge in [-0.1, -0.05) is 0 Å². The smallest absolute Gasteiger partial charge is 0.365 e. The molecular weight excluding hydrogens is 289 g/mol. The summed E-state index contributed by atoms with van der Waals surface area (Å²) in [5, 5.41) is 0. The van der Waals surface area contributed by atoms with Gasteiger partial charge in [-0.3, -0.25) is 14.3 Å². The van der Waals surface area contributed by atoms with E-state index in [4.69, 9.17) is 9.63 Å². The van der Waals surface area contributed by atoms with Crippen molar-refractivity contribution in [3.05, 3.63) is 28.2 Å². The third-order valence-corrected chi connectivity index (χ3v) is 3.50. The number of nitrogens with zero attached hydrogens (tertiary/aromatic N) is 2. The second-order valence-corrected chi connectivity index (χ2v) is 5.05. The zero-order chi connectivity index (χ0) is 14.3. The van der Waals surface area contributed by atoms with E-state index in [0.717, 1.165) is 6.07 Å². The standard InChI is InChI=1S/C10H12N3O6P/c14-6-1-2-13-8(9(6)19-20(16)17)10(15)12-3-4-18-5-7(12)11-13/h1-2,7,11,20H,3-5H2,(H,16,17). The third kappa shape index (κ3) is 2.09. The summed E-state index contributed by atoms with van der Waals surface area (Å²) in [5.74, 6) is -0.852. The Bertz CT molecular complexity index is 644. The number of hydrogen-bond acceptors (Lipinski definition) is 6. The lowest BCUT2D eigenvalue weighted by Gasteiger charge is -2.41. The maximum absolute atomic E-state index is 12.4. The predicted molar refractivity (Wildman–Crippen MR) is 67.6 cm³/mol. The topological polar surface area (TPSA) is 110 Å². The molecule has 1 aromatic rings. The summed E-state index contributed by atoms with van der Waals surface area (Å²) in [5.41, 5.74) is 2.28. The first-order valence-corrected chi connectivity index (χ1v) is 7.16. The van der Waals surface area contributed by atoms with Gasteiger partial charge in [0.05, 0.1) is 13.2 Å². The first-order valence-electron chi connectivity index (χ1n) is 5.89. The fraction of sp³-hybridized carbons (Fsp3) is 0.400. The number of carbonyl (C=O) groups excluding carboxylic acids is 1. The summed E-state index contributed by atoms with van der Waals surface area (Å²) >= 11 is 0. The van der Waals surface area contributed by atoms with Gasteiger partial charge in [-0.15, -0.1) is 0 Å². The van der Waals surface area contributed by atoms with Gasteiger partial charge in [0.15, 0.2) is 5.69 Å². The molecule has 1 aromatic heterocycles. The Kier molecular flexibility index (Phi) is 3.25. The Morgan fingerprint density at radius 2 is 2.30 bits per heavy atom. The molecule has 1 amide bonds. The summed E-state index contributed by atoms with van der Waals surface area (Å²) < 4.78 is 22.1. The Morgan fingerprint density at radius 3 is 3.05 bits per heavy atom. The van der Waals surface area contributed by atoms with E-state index in [1.165, 1.54) is 15.8 Å². The molecule has 2 atom stereocenters. The van der Waals surface area contributed by atoms with Crippen molar-refractivity contribution < 1.29 is 23.5 Å². The largest absolute Gasteiger partial charge is 0.420 e. The zero-order valence-corrected chi connectivity index (χ0v) is 11.2. The zero-order valence-electron chi connectivity index (χ0n) is 10.2. The van der Waals surface area contributed by atoms with E-state index >= 15 is 0 Å². The van der Waals surface area contributed by atoms with Crippen molar-refractivity contribution in [1.29, 1.82) is 0 Å². The first kappa shape index (κ1) is 13.2. The van der Waals surface area contributed by atoms with Crippen molar-refractivity contribution in [2.24, 2.45) is 0 Å². The van der Waals surface area contributed by atoms with Gasteiger partial charge in [-0.05, 0) is 0 Å². The maximum Gasteiger partial charge on any atom is 0.365 e. The van der Waals surface area contributed by atoms with Crippen LogP contribution in [0.1, 0.15) is 10.5 Å². The van der Waals surface area contributed by atoms with Gasteiger partial charge in [0, 0.05) is 18.8 Å². The molecule has 3 rings (SSSR count). The molecule has 2 unspecified atom stereocenters. The quantitative estimate of drug-likeness (QED) is 0.672. The molecule has 0 saturated carbocycles. The van der Waals surface area contributed by atoms with Gasteiger partial charge in [0.25, 0.3) is 5.91 Å². The number of pyridine rings is 1. The molecule has 0 aromatic carbocycles. The highest BCUT2D eigenvalue weighted by Gasteiger charge is 2.37. The molecule has 3 heterocycles. The molecule has 1 saturated heterocycles. The van der Waals surface area contributed by atoms with Crippen molar-refractivity contribution in [2.75, 3.05) is 25.2 Å². The Hall–Kier alpha value is -1.83.